The first-order valence-electron chi connectivity index (χ1n) is 5.64. The monoisotopic (exact) mass is 256 g/mol. The maximum absolute atomic E-state index is 11.0. The van der Waals surface area contributed by atoms with E-state index in [9.17, 15) is 4.79 Å². The first kappa shape index (κ1) is 12.9. The lowest BCUT2D eigenvalue weighted by molar-refractivity contribution is -0.109. The molecule has 0 saturated carbocycles. The van der Waals surface area contributed by atoms with E-state index in [1.54, 1.807) is 12.1 Å². The lowest BCUT2D eigenvalue weighted by Crippen LogP contribution is -2.00. The Morgan fingerprint density at radius 2 is 2.26 bits per heavy atom. The topological polar surface area (TPSA) is 88.0 Å². The SMILES string of the molecule is COc1cc2nc(C)ccc2cc1[C@@H](C=O)N=[N+]=[N-]. The number of azide groups is 1. The molecule has 1 aromatic heterocycles. The molecule has 0 fully saturated rings. The second-order valence-corrected chi connectivity index (χ2v) is 4.03. The molecule has 0 aliphatic heterocycles. The Morgan fingerprint density at radius 1 is 1.47 bits per heavy atom. The zero-order chi connectivity index (χ0) is 13.8. The molecule has 1 atom stereocenters. The number of carbonyl (C=O) groups is 1. The number of fused-ring (bicyclic) bond motifs is 1. The highest BCUT2D eigenvalue weighted by molar-refractivity contribution is 5.83. The van der Waals surface area contributed by atoms with Crippen molar-refractivity contribution in [3.8, 4) is 5.75 Å². The number of rotatable bonds is 4. The molecule has 0 radical (unpaired) electrons. The van der Waals surface area contributed by atoms with E-state index in [4.69, 9.17) is 10.3 Å². The molecule has 0 N–H and O–H groups in total. The number of aryl methyl sites for hydroxylation is 1. The molecule has 1 heterocycles. The number of ether oxygens (including phenoxy) is 1. The molecule has 6 heteroatoms. The van der Waals surface area contributed by atoms with E-state index in [1.165, 1.54) is 7.11 Å². The number of hydrogen-bond acceptors (Lipinski definition) is 4. The third-order valence-corrected chi connectivity index (χ3v) is 2.80. The van der Waals surface area contributed by atoms with Crippen LogP contribution in [0.25, 0.3) is 21.3 Å². The van der Waals surface area contributed by atoms with Crippen LogP contribution >= 0.6 is 0 Å². The molecule has 0 spiro atoms. The number of hydrogen-bond donors (Lipinski definition) is 0. The zero-order valence-corrected chi connectivity index (χ0v) is 10.6. The van der Waals surface area contributed by atoms with Crippen LogP contribution in [0.5, 0.6) is 5.75 Å². The largest absolute Gasteiger partial charge is 0.496 e. The van der Waals surface area contributed by atoms with Crippen LogP contribution < -0.4 is 4.74 Å². The van der Waals surface area contributed by atoms with E-state index < -0.39 is 6.04 Å². The third kappa shape index (κ3) is 2.48. The van der Waals surface area contributed by atoms with Crippen molar-refractivity contribution in [3.63, 3.8) is 0 Å². The van der Waals surface area contributed by atoms with Gasteiger partial charge in [0.1, 0.15) is 18.1 Å². The summed E-state index contributed by atoms with van der Waals surface area (Å²) in [5, 5.41) is 4.32. The Labute approximate surface area is 109 Å². The van der Waals surface area contributed by atoms with Crippen LogP contribution in [0, 0.1) is 6.92 Å². The fourth-order valence-corrected chi connectivity index (χ4v) is 1.90. The molecule has 0 aliphatic rings. The molecule has 2 aromatic rings. The van der Waals surface area contributed by atoms with Gasteiger partial charge in [-0.25, -0.2) is 0 Å². The molecule has 0 unspecified atom stereocenters. The molecular formula is C13H12N4O2. The summed E-state index contributed by atoms with van der Waals surface area (Å²) in [4.78, 5) is 18.1. The highest BCUT2D eigenvalue weighted by Crippen LogP contribution is 2.31. The van der Waals surface area contributed by atoms with Gasteiger partial charge in [0.15, 0.2) is 0 Å². The number of aldehydes is 1. The van der Waals surface area contributed by atoms with Crippen molar-refractivity contribution in [3.05, 3.63) is 46.0 Å². The van der Waals surface area contributed by atoms with Crippen molar-refractivity contribution in [1.29, 1.82) is 0 Å². The van der Waals surface area contributed by atoms with Crippen LogP contribution in [0.4, 0.5) is 0 Å². The summed E-state index contributed by atoms with van der Waals surface area (Å²) < 4.78 is 5.24. The van der Waals surface area contributed by atoms with Crippen LogP contribution in [0.3, 0.4) is 0 Å². The molecule has 0 bridgehead atoms. The summed E-state index contributed by atoms with van der Waals surface area (Å²) in [7, 11) is 1.50. The minimum Gasteiger partial charge on any atom is -0.496 e. The first-order valence-corrected chi connectivity index (χ1v) is 5.64. The quantitative estimate of drug-likeness (QED) is 0.364. The van der Waals surface area contributed by atoms with Crippen LogP contribution in [-0.4, -0.2) is 18.4 Å². The van der Waals surface area contributed by atoms with Crippen molar-refractivity contribution in [1.82, 2.24) is 4.98 Å². The molecular weight excluding hydrogens is 244 g/mol. The van der Waals surface area contributed by atoms with E-state index in [-0.39, 0.29) is 0 Å². The lowest BCUT2D eigenvalue weighted by Gasteiger charge is -2.12. The van der Waals surface area contributed by atoms with Crippen LogP contribution in [0.2, 0.25) is 0 Å². The minimum atomic E-state index is -0.898. The summed E-state index contributed by atoms with van der Waals surface area (Å²) in [5.41, 5.74) is 10.7. The Balaban J connectivity index is 2.68. The van der Waals surface area contributed by atoms with Gasteiger partial charge in [0.05, 0.1) is 12.6 Å². The van der Waals surface area contributed by atoms with E-state index in [0.717, 1.165) is 16.6 Å². The lowest BCUT2D eigenvalue weighted by atomic mass is 10.0. The fraction of sp³-hybridized carbons (Fsp3) is 0.231. The average Bonchev–Trinajstić information content (AvgIpc) is 2.43. The van der Waals surface area contributed by atoms with Gasteiger partial charge in [-0.1, -0.05) is 11.2 Å². The molecule has 96 valence electrons. The molecule has 19 heavy (non-hydrogen) atoms. The van der Waals surface area contributed by atoms with Gasteiger partial charge >= 0.3 is 0 Å². The Morgan fingerprint density at radius 3 is 2.89 bits per heavy atom. The number of nitrogens with zero attached hydrogens (tertiary/aromatic N) is 4. The Hall–Kier alpha value is -2.59. The van der Waals surface area contributed by atoms with E-state index in [2.05, 4.69) is 15.0 Å². The summed E-state index contributed by atoms with van der Waals surface area (Å²) in [6, 6.07) is 6.38. The first-order chi connectivity index (χ1) is 9.19. The van der Waals surface area contributed by atoms with Gasteiger partial charge < -0.3 is 9.53 Å². The fourth-order valence-electron chi connectivity index (χ4n) is 1.90. The molecule has 6 nitrogen and oxygen atoms in total. The van der Waals surface area contributed by atoms with Gasteiger partial charge in [0.25, 0.3) is 0 Å². The van der Waals surface area contributed by atoms with Gasteiger partial charge in [0, 0.05) is 27.6 Å². The van der Waals surface area contributed by atoms with Crippen molar-refractivity contribution in [2.24, 2.45) is 5.11 Å². The van der Waals surface area contributed by atoms with Crippen LogP contribution in [0.1, 0.15) is 17.3 Å². The van der Waals surface area contributed by atoms with Crippen molar-refractivity contribution in [2.45, 2.75) is 13.0 Å². The molecule has 1 aromatic carbocycles. The van der Waals surface area contributed by atoms with E-state index in [0.29, 0.717) is 17.6 Å². The molecule has 0 aliphatic carbocycles. The van der Waals surface area contributed by atoms with Gasteiger partial charge in [-0.05, 0) is 24.6 Å². The average molecular weight is 256 g/mol. The number of carbonyl (C=O) groups excluding carboxylic acids is 1. The van der Waals surface area contributed by atoms with E-state index in [1.807, 2.05) is 19.1 Å². The maximum atomic E-state index is 11.0. The van der Waals surface area contributed by atoms with Crippen LogP contribution in [0.15, 0.2) is 29.4 Å². The maximum Gasteiger partial charge on any atom is 0.133 e. The molecule has 0 saturated heterocycles. The van der Waals surface area contributed by atoms with Gasteiger partial charge in [-0.3, -0.25) is 4.98 Å². The van der Waals surface area contributed by atoms with Gasteiger partial charge in [-0.2, -0.15) is 0 Å². The summed E-state index contributed by atoms with van der Waals surface area (Å²) in [6.45, 7) is 1.90. The predicted octanol–water partition coefficient (Wildman–Crippen LogP) is 3.10. The summed E-state index contributed by atoms with van der Waals surface area (Å²) >= 11 is 0. The molecule has 2 rings (SSSR count). The Bertz CT molecular complexity index is 678. The second-order valence-electron chi connectivity index (χ2n) is 4.03. The number of aromatic nitrogens is 1. The van der Waals surface area contributed by atoms with Crippen LogP contribution in [-0.2, 0) is 4.79 Å². The number of benzene rings is 1. The van der Waals surface area contributed by atoms with Crippen molar-refractivity contribution < 1.29 is 9.53 Å². The van der Waals surface area contributed by atoms with Gasteiger partial charge in [-0.15, -0.1) is 0 Å². The minimum absolute atomic E-state index is 0.482. The third-order valence-electron chi connectivity index (χ3n) is 2.80. The summed E-state index contributed by atoms with van der Waals surface area (Å²) in [5.74, 6) is 0.482. The van der Waals surface area contributed by atoms with Gasteiger partial charge in [0.2, 0.25) is 0 Å². The smallest absolute Gasteiger partial charge is 0.133 e. The number of methoxy groups -OCH3 is 1. The molecule has 0 amide bonds. The highest BCUT2D eigenvalue weighted by atomic mass is 16.5. The zero-order valence-electron chi connectivity index (χ0n) is 10.6. The van der Waals surface area contributed by atoms with Crippen molar-refractivity contribution >= 4 is 17.2 Å². The predicted molar refractivity (Wildman–Crippen MR) is 71.0 cm³/mol. The number of pyridine rings is 1. The normalized spacial score (nSPS) is 11.7. The standard InChI is InChI=1S/C13H12N4O2/c1-8-3-4-9-5-10(12(7-18)16-17-14)13(19-2)6-11(9)15-8/h3-7,12H,1-2H3/t12-/m1/s1. The summed E-state index contributed by atoms with van der Waals surface area (Å²) in [6.07, 6.45) is 0.588. The highest BCUT2D eigenvalue weighted by Gasteiger charge is 2.15. The van der Waals surface area contributed by atoms with Crippen molar-refractivity contribution in [2.75, 3.05) is 7.11 Å². The second kappa shape index (κ2) is 5.37. The van der Waals surface area contributed by atoms with E-state index >= 15 is 0 Å². The Kier molecular flexibility index (Phi) is 3.63.